The van der Waals surface area contributed by atoms with E-state index in [4.69, 9.17) is 5.11 Å². The van der Waals surface area contributed by atoms with Crippen LogP contribution >= 0.6 is 0 Å². The number of rotatable bonds is 7. The van der Waals surface area contributed by atoms with Gasteiger partial charge in [0.1, 0.15) is 0 Å². The fourth-order valence-corrected chi connectivity index (χ4v) is 2.31. The summed E-state index contributed by atoms with van der Waals surface area (Å²) in [5.74, 6) is -0.933. The summed E-state index contributed by atoms with van der Waals surface area (Å²) in [4.78, 5) is 17.3. The lowest BCUT2D eigenvalue weighted by Crippen LogP contribution is -2.24. The van der Waals surface area contributed by atoms with Gasteiger partial charge in [0.05, 0.1) is 11.3 Å². The molecule has 0 aromatic carbocycles. The third-order valence-electron chi connectivity index (χ3n) is 3.40. The van der Waals surface area contributed by atoms with E-state index in [0.717, 1.165) is 18.7 Å². The molecule has 5 nitrogen and oxygen atoms in total. The van der Waals surface area contributed by atoms with E-state index in [1.54, 1.807) is 12.1 Å². The zero-order valence-corrected chi connectivity index (χ0v) is 11.1. The smallest absolute Gasteiger partial charge is 0.337 e. The molecule has 1 aromatic heterocycles. The van der Waals surface area contributed by atoms with Gasteiger partial charge in [-0.25, -0.2) is 4.79 Å². The molecule has 0 saturated carbocycles. The topological polar surface area (TPSA) is 65.5 Å². The molecule has 1 aliphatic rings. The van der Waals surface area contributed by atoms with Crippen LogP contribution in [-0.2, 0) is 6.54 Å². The summed E-state index contributed by atoms with van der Waals surface area (Å²) >= 11 is 0. The van der Waals surface area contributed by atoms with Gasteiger partial charge < -0.3 is 15.3 Å². The molecule has 0 amide bonds. The van der Waals surface area contributed by atoms with Crippen molar-refractivity contribution in [2.45, 2.75) is 25.8 Å². The van der Waals surface area contributed by atoms with E-state index in [-0.39, 0.29) is 5.56 Å². The van der Waals surface area contributed by atoms with Crippen LogP contribution in [0.5, 0.6) is 0 Å². The predicted molar refractivity (Wildman–Crippen MR) is 73.2 cm³/mol. The third-order valence-corrected chi connectivity index (χ3v) is 3.40. The van der Waals surface area contributed by atoms with E-state index >= 15 is 0 Å². The first kappa shape index (κ1) is 14.0. The van der Waals surface area contributed by atoms with Gasteiger partial charge in [0.25, 0.3) is 0 Å². The van der Waals surface area contributed by atoms with Gasteiger partial charge in [0.15, 0.2) is 0 Å². The number of carbonyl (C=O) groups is 1. The Hall–Kier alpha value is -1.46. The molecule has 0 aliphatic carbocycles. The second-order valence-corrected chi connectivity index (χ2v) is 4.92. The Morgan fingerprint density at radius 3 is 2.79 bits per heavy atom. The summed E-state index contributed by atoms with van der Waals surface area (Å²) in [5.41, 5.74) is 1.11. The van der Waals surface area contributed by atoms with Crippen molar-refractivity contribution >= 4 is 5.97 Å². The molecule has 1 aromatic rings. The van der Waals surface area contributed by atoms with E-state index in [9.17, 15) is 4.79 Å². The minimum Gasteiger partial charge on any atom is -0.478 e. The lowest BCUT2D eigenvalue weighted by atomic mass is 10.2. The maximum absolute atomic E-state index is 10.7. The fourth-order valence-electron chi connectivity index (χ4n) is 2.31. The zero-order valence-electron chi connectivity index (χ0n) is 11.1. The van der Waals surface area contributed by atoms with Gasteiger partial charge >= 0.3 is 5.97 Å². The van der Waals surface area contributed by atoms with Gasteiger partial charge in [-0.2, -0.15) is 0 Å². The summed E-state index contributed by atoms with van der Waals surface area (Å²) in [7, 11) is 0. The molecule has 2 rings (SSSR count). The molecule has 0 spiro atoms. The van der Waals surface area contributed by atoms with Crippen LogP contribution in [0.4, 0.5) is 0 Å². The molecule has 0 unspecified atom stereocenters. The molecule has 0 atom stereocenters. The average Bonchev–Trinajstić information content (AvgIpc) is 2.92. The highest BCUT2D eigenvalue weighted by molar-refractivity contribution is 5.87. The van der Waals surface area contributed by atoms with Crippen molar-refractivity contribution in [3.8, 4) is 0 Å². The molecule has 0 bridgehead atoms. The summed E-state index contributed by atoms with van der Waals surface area (Å²) < 4.78 is 0. The van der Waals surface area contributed by atoms with Crippen LogP contribution in [0.25, 0.3) is 0 Å². The number of hydrogen-bond acceptors (Lipinski definition) is 4. The normalized spacial score (nSPS) is 15.8. The highest BCUT2D eigenvalue weighted by atomic mass is 16.4. The Labute approximate surface area is 113 Å². The SMILES string of the molecule is O=C(O)c1ccc(CNCCCN2CCCC2)nc1. The van der Waals surface area contributed by atoms with Gasteiger partial charge in [-0.1, -0.05) is 0 Å². The van der Waals surface area contributed by atoms with Crippen molar-refractivity contribution in [2.75, 3.05) is 26.2 Å². The van der Waals surface area contributed by atoms with Crippen molar-refractivity contribution in [3.63, 3.8) is 0 Å². The number of hydrogen-bond donors (Lipinski definition) is 2. The maximum Gasteiger partial charge on any atom is 0.337 e. The number of nitrogens with zero attached hydrogens (tertiary/aromatic N) is 2. The number of carboxylic acid groups (broad SMARTS) is 1. The highest BCUT2D eigenvalue weighted by Gasteiger charge is 2.09. The predicted octanol–water partition coefficient (Wildman–Crippen LogP) is 1.36. The van der Waals surface area contributed by atoms with Crippen LogP contribution in [0, 0.1) is 0 Å². The lowest BCUT2D eigenvalue weighted by Gasteiger charge is -2.14. The van der Waals surface area contributed by atoms with Crippen LogP contribution in [0.3, 0.4) is 0 Å². The molecule has 2 heterocycles. The quantitative estimate of drug-likeness (QED) is 0.727. The van der Waals surface area contributed by atoms with Gasteiger partial charge in [-0.3, -0.25) is 4.98 Å². The number of pyridine rings is 1. The second-order valence-electron chi connectivity index (χ2n) is 4.92. The molecule has 104 valence electrons. The van der Waals surface area contributed by atoms with Crippen LogP contribution in [0.2, 0.25) is 0 Å². The van der Waals surface area contributed by atoms with Crippen LogP contribution < -0.4 is 5.32 Å². The van der Waals surface area contributed by atoms with E-state index in [0.29, 0.717) is 6.54 Å². The average molecular weight is 263 g/mol. The Bertz CT molecular complexity index is 400. The number of likely N-dealkylation sites (tertiary alicyclic amines) is 1. The third kappa shape index (κ3) is 4.61. The molecule has 1 aliphatic heterocycles. The van der Waals surface area contributed by atoms with Crippen molar-refractivity contribution in [2.24, 2.45) is 0 Å². The summed E-state index contributed by atoms with van der Waals surface area (Å²) in [5, 5.41) is 12.1. The second kappa shape index (κ2) is 7.21. The molecule has 0 radical (unpaired) electrons. The Morgan fingerprint density at radius 1 is 1.37 bits per heavy atom. The number of aromatic nitrogens is 1. The van der Waals surface area contributed by atoms with Crippen molar-refractivity contribution in [1.29, 1.82) is 0 Å². The van der Waals surface area contributed by atoms with Crippen molar-refractivity contribution in [3.05, 3.63) is 29.6 Å². The fraction of sp³-hybridized carbons (Fsp3) is 0.571. The first-order valence-corrected chi connectivity index (χ1v) is 6.87. The Balaban J connectivity index is 1.61. The van der Waals surface area contributed by atoms with Crippen molar-refractivity contribution in [1.82, 2.24) is 15.2 Å². The largest absolute Gasteiger partial charge is 0.478 e. The number of aromatic carboxylic acids is 1. The van der Waals surface area contributed by atoms with E-state index in [2.05, 4.69) is 15.2 Å². The van der Waals surface area contributed by atoms with Crippen LogP contribution in [-0.4, -0.2) is 47.1 Å². The zero-order chi connectivity index (χ0) is 13.5. The standard InChI is InChI=1S/C14H21N3O2/c18-14(19)12-4-5-13(16-10-12)11-15-6-3-9-17-7-1-2-8-17/h4-5,10,15H,1-3,6-9,11H2,(H,18,19). The molecule has 19 heavy (non-hydrogen) atoms. The summed E-state index contributed by atoms with van der Waals surface area (Å²) in [6.07, 6.45) is 5.23. The van der Waals surface area contributed by atoms with Crippen molar-refractivity contribution < 1.29 is 9.90 Å². The molecule has 1 fully saturated rings. The summed E-state index contributed by atoms with van der Waals surface area (Å²) in [6.45, 7) is 5.33. The molecular weight excluding hydrogens is 242 g/mol. The Morgan fingerprint density at radius 2 is 2.16 bits per heavy atom. The number of carboxylic acids is 1. The lowest BCUT2D eigenvalue weighted by molar-refractivity contribution is 0.0696. The van der Waals surface area contributed by atoms with Crippen LogP contribution in [0.15, 0.2) is 18.3 Å². The Kier molecular flexibility index (Phi) is 5.30. The highest BCUT2D eigenvalue weighted by Crippen LogP contribution is 2.07. The molecule has 2 N–H and O–H groups in total. The first-order valence-electron chi connectivity index (χ1n) is 6.87. The molecule has 5 heteroatoms. The minimum absolute atomic E-state index is 0.234. The van der Waals surface area contributed by atoms with E-state index in [1.807, 2.05) is 0 Å². The maximum atomic E-state index is 10.7. The van der Waals surface area contributed by atoms with E-state index in [1.165, 1.54) is 38.7 Å². The molecule has 1 saturated heterocycles. The van der Waals surface area contributed by atoms with Gasteiger partial charge in [-0.05, 0) is 57.6 Å². The first-order chi connectivity index (χ1) is 9.25. The van der Waals surface area contributed by atoms with Gasteiger partial charge in [0, 0.05) is 12.7 Å². The van der Waals surface area contributed by atoms with Crippen LogP contribution in [0.1, 0.15) is 35.3 Å². The summed E-state index contributed by atoms with van der Waals surface area (Å²) in [6, 6.07) is 3.35. The minimum atomic E-state index is -0.933. The van der Waals surface area contributed by atoms with E-state index < -0.39 is 5.97 Å². The molecular formula is C14H21N3O2. The monoisotopic (exact) mass is 263 g/mol. The van der Waals surface area contributed by atoms with Gasteiger partial charge in [0.2, 0.25) is 0 Å². The van der Waals surface area contributed by atoms with Gasteiger partial charge in [-0.15, -0.1) is 0 Å². The number of nitrogens with one attached hydrogen (secondary N) is 1.